The van der Waals surface area contributed by atoms with Crippen LogP contribution in [0.2, 0.25) is 0 Å². The summed E-state index contributed by atoms with van der Waals surface area (Å²) in [6, 6.07) is 9.45. The van der Waals surface area contributed by atoms with Crippen LogP contribution in [0.5, 0.6) is 0 Å². The van der Waals surface area contributed by atoms with Crippen LogP contribution in [0.15, 0.2) is 58.5 Å². The first kappa shape index (κ1) is 32.6. The molecule has 2 atom stereocenters. The minimum Gasteiger partial charge on any atom is -0.569 e. The molecule has 0 spiro atoms. The summed E-state index contributed by atoms with van der Waals surface area (Å²) in [7, 11) is -11.6. The van der Waals surface area contributed by atoms with E-state index >= 15 is 0 Å². The number of rotatable bonds is 8. The number of hydrogen-bond donors (Lipinski definition) is 0. The number of alkyl halides is 6. The van der Waals surface area contributed by atoms with E-state index in [2.05, 4.69) is 19.4 Å². The van der Waals surface area contributed by atoms with Crippen molar-refractivity contribution in [2.24, 2.45) is 9.98 Å². The van der Waals surface area contributed by atoms with Gasteiger partial charge in [-0.15, -0.1) is 11.4 Å². The third-order valence-corrected chi connectivity index (χ3v) is 7.44. The monoisotopic (exact) mass is 640 g/mol. The molecule has 1 saturated carbocycles. The van der Waals surface area contributed by atoms with Crippen LogP contribution >= 0.6 is 0 Å². The summed E-state index contributed by atoms with van der Waals surface area (Å²) in [4.78, 5) is 8.74. The largest absolute Gasteiger partial charge is 2.00 e. The second kappa shape index (κ2) is 12.7. The Balaban J connectivity index is 0.00000533. The van der Waals surface area contributed by atoms with Crippen LogP contribution in [-0.4, -0.2) is 52.4 Å². The Morgan fingerprint density at radius 2 is 1.00 bits per heavy atom. The summed E-state index contributed by atoms with van der Waals surface area (Å²) in [5.41, 5.74) is -12.0. The first-order chi connectivity index (χ1) is 17.6. The summed E-state index contributed by atoms with van der Waals surface area (Å²) < 4.78 is 128. The van der Waals surface area contributed by atoms with Crippen LogP contribution in [0.25, 0.3) is 9.44 Å². The average Bonchev–Trinajstić information content (AvgIpc) is 2.81. The Morgan fingerprint density at radius 1 is 0.667 bits per heavy atom. The molecule has 0 aromatic heterocycles. The van der Waals surface area contributed by atoms with Crippen molar-refractivity contribution < 1.29 is 59.7 Å². The van der Waals surface area contributed by atoms with Crippen molar-refractivity contribution in [2.75, 3.05) is 0 Å². The van der Waals surface area contributed by atoms with Crippen LogP contribution < -0.4 is 0 Å². The van der Waals surface area contributed by atoms with Gasteiger partial charge in [-0.1, -0.05) is 61.4 Å². The number of aliphatic imine (C=N–C) groups is 2. The molecule has 0 heterocycles. The van der Waals surface area contributed by atoms with Gasteiger partial charge in [-0.05, 0) is 24.0 Å². The van der Waals surface area contributed by atoms with Crippen molar-refractivity contribution in [1.82, 2.24) is 0 Å². The standard InChI is InChI=1S/C22H20F6N4O4S2.Ni/c23-21(24,25)37(33,34)31-17-9-3-1-7-15(17)13-29-19-11-5-6-12-20(19)30-14-16-8-2-4-10-18(16)32-38(35,36)22(26,27)28;/h1-4,7-10,13-14,19-20H,5-6,11-12H2;/q-2;+2. The fourth-order valence-electron chi connectivity index (χ4n) is 3.51. The van der Waals surface area contributed by atoms with E-state index in [1.807, 2.05) is 0 Å². The molecule has 1 aliphatic carbocycles. The number of hydrogen-bond acceptors (Lipinski definition) is 6. The van der Waals surface area contributed by atoms with Crippen LogP contribution in [0.1, 0.15) is 36.8 Å². The van der Waals surface area contributed by atoms with Crippen molar-refractivity contribution in [3.8, 4) is 0 Å². The second-order valence-electron chi connectivity index (χ2n) is 8.12. The third-order valence-electron chi connectivity index (χ3n) is 5.40. The third kappa shape index (κ3) is 8.42. The second-order valence-corrected chi connectivity index (χ2v) is 11.3. The van der Waals surface area contributed by atoms with E-state index < -0.39 is 54.5 Å². The molecule has 0 aliphatic heterocycles. The van der Waals surface area contributed by atoms with Crippen molar-refractivity contribution in [3.63, 3.8) is 0 Å². The molecule has 8 nitrogen and oxygen atoms in total. The van der Waals surface area contributed by atoms with Crippen molar-refractivity contribution in [1.29, 1.82) is 0 Å². The van der Waals surface area contributed by atoms with Gasteiger partial charge in [-0.2, -0.15) is 26.3 Å². The van der Waals surface area contributed by atoms with Crippen LogP contribution in [0.3, 0.4) is 0 Å². The van der Waals surface area contributed by atoms with Gasteiger partial charge in [-0.25, -0.2) is 16.8 Å². The maximum Gasteiger partial charge on any atom is 2.00 e. The van der Waals surface area contributed by atoms with E-state index in [-0.39, 0.29) is 27.6 Å². The molecule has 0 bridgehead atoms. The Labute approximate surface area is 231 Å². The Hall–Kier alpha value is -2.65. The molecular weight excluding hydrogens is 621 g/mol. The minimum absolute atomic E-state index is 0. The first-order valence-electron chi connectivity index (χ1n) is 10.9. The molecule has 39 heavy (non-hydrogen) atoms. The van der Waals surface area contributed by atoms with Crippen LogP contribution in [-0.2, 0) is 36.5 Å². The molecule has 1 fully saturated rings. The Morgan fingerprint density at radius 3 is 1.33 bits per heavy atom. The fourth-order valence-corrected chi connectivity index (χ4v) is 4.57. The van der Waals surface area contributed by atoms with E-state index in [4.69, 9.17) is 0 Å². The van der Waals surface area contributed by atoms with Gasteiger partial charge < -0.3 is 9.44 Å². The van der Waals surface area contributed by atoms with Gasteiger partial charge in [0.2, 0.25) is 0 Å². The number of halogens is 6. The van der Waals surface area contributed by atoms with Crippen LogP contribution in [0.4, 0.5) is 37.7 Å². The molecule has 0 radical (unpaired) electrons. The van der Waals surface area contributed by atoms with Gasteiger partial charge in [0.05, 0.1) is 12.1 Å². The Kier molecular flexibility index (Phi) is 10.6. The topological polar surface area (TPSA) is 121 Å². The van der Waals surface area contributed by atoms with Gasteiger partial charge in [0.1, 0.15) is 0 Å². The summed E-state index contributed by atoms with van der Waals surface area (Å²) in [5.74, 6) is 0. The molecule has 0 saturated heterocycles. The molecule has 0 amide bonds. The fraction of sp³-hybridized carbons (Fsp3) is 0.364. The summed E-state index contributed by atoms with van der Waals surface area (Å²) >= 11 is 0. The number of sulfonamides is 2. The summed E-state index contributed by atoms with van der Waals surface area (Å²) in [6.07, 6.45) is 4.93. The minimum atomic E-state index is -5.78. The van der Waals surface area contributed by atoms with Gasteiger partial charge >= 0.3 is 27.5 Å². The summed E-state index contributed by atoms with van der Waals surface area (Å²) in [5, 5.41) is 0. The summed E-state index contributed by atoms with van der Waals surface area (Å²) in [6.45, 7) is 0. The van der Waals surface area contributed by atoms with Gasteiger partial charge in [0, 0.05) is 12.4 Å². The predicted octanol–water partition coefficient (Wildman–Crippen LogP) is 6.24. The molecule has 2 aromatic rings. The quantitative estimate of drug-likeness (QED) is 0.192. The maximum absolute atomic E-state index is 12.8. The average molecular weight is 641 g/mol. The van der Waals surface area contributed by atoms with E-state index in [9.17, 15) is 43.2 Å². The number of benzene rings is 2. The predicted molar refractivity (Wildman–Crippen MR) is 130 cm³/mol. The molecule has 2 aromatic carbocycles. The first-order valence-corrected chi connectivity index (χ1v) is 13.8. The maximum atomic E-state index is 12.8. The van der Waals surface area contributed by atoms with E-state index in [1.54, 1.807) is 0 Å². The van der Waals surface area contributed by atoms with E-state index in [0.29, 0.717) is 12.8 Å². The van der Waals surface area contributed by atoms with Crippen LogP contribution in [0, 0.1) is 0 Å². The zero-order valence-electron chi connectivity index (χ0n) is 19.6. The molecule has 17 heteroatoms. The molecule has 0 N–H and O–H groups in total. The normalized spacial score (nSPS) is 19.1. The smallest absolute Gasteiger partial charge is 0.569 e. The molecule has 3 rings (SSSR count). The number of nitrogens with zero attached hydrogens (tertiary/aromatic N) is 4. The van der Waals surface area contributed by atoms with E-state index in [1.165, 1.54) is 48.8 Å². The van der Waals surface area contributed by atoms with Crippen molar-refractivity contribution in [2.45, 2.75) is 48.8 Å². The van der Waals surface area contributed by atoms with Gasteiger partial charge in [0.15, 0.2) is 20.0 Å². The van der Waals surface area contributed by atoms with Gasteiger partial charge in [-0.3, -0.25) is 9.98 Å². The van der Waals surface area contributed by atoms with Gasteiger partial charge in [0.25, 0.3) is 0 Å². The molecule has 216 valence electrons. The molecule has 2 unspecified atom stereocenters. The SMILES string of the molecule is O=S(=O)([N-]c1ccccc1C=NC1CCCCC1N=Cc1ccccc1[N-]S(=O)(=O)C(F)(F)F)C(F)(F)F.[Ni+2]. The Bertz CT molecular complexity index is 1310. The molecule has 1 aliphatic rings. The van der Waals surface area contributed by atoms with E-state index in [0.717, 1.165) is 25.0 Å². The zero-order chi connectivity index (χ0) is 28.2. The van der Waals surface area contributed by atoms with Crippen molar-refractivity contribution in [3.05, 3.63) is 69.1 Å². The molecular formula is C22H20F6N4NiO4S2. The zero-order valence-corrected chi connectivity index (χ0v) is 22.2. The van der Waals surface area contributed by atoms with Crippen molar-refractivity contribution >= 4 is 43.9 Å².